The highest BCUT2D eigenvalue weighted by Crippen LogP contribution is 2.36. The summed E-state index contributed by atoms with van der Waals surface area (Å²) in [6.45, 7) is 6.59. The molecule has 0 radical (unpaired) electrons. The van der Waals surface area contributed by atoms with Crippen molar-refractivity contribution < 1.29 is 10.2 Å². The van der Waals surface area contributed by atoms with Gasteiger partial charge in [0, 0.05) is 17.0 Å². The van der Waals surface area contributed by atoms with Crippen LogP contribution in [0, 0.1) is 0 Å². The Kier molecular flexibility index (Phi) is 12.3. The maximum absolute atomic E-state index is 10.6. The van der Waals surface area contributed by atoms with Crippen LogP contribution >= 0.6 is 0 Å². The maximum Gasteiger partial charge on any atom is 0.119 e. The molecule has 178 valence electrons. The monoisotopic (exact) mass is 438 g/mol. The molecule has 2 nitrogen and oxygen atoms in total. The number of phenols is 2. The highest BCUT2D eigenvalue weighted by molar-refractivity contribution is 5.48. The first-order chi connectivity index (χ1) is 15.6. The fourth-order valence-electron chi connectivity index (χ4n) is 4.60. The van der Waals surface area contributed by atoms with Gasteiger partial charge in [-0.2, -0.15) is 0 Å². The molecule has 2 N–H and O–H groups in total. The molecule has 0 unspecified atom stereocenters. The van der Waals surface area contributed by atoms with Crippen LogP contribution < -0.4 is 0 Å². The largest absolute Gasteiger partial charge is 0.508 e. The number of aryl methyl sites for hydroxylation is 2. The Morgan fingerprint density at radius 1 is 0.562 bits per heavy atom. The average molecular weight is 439 g/mol. The highest BCUT2D eigenvalue weighted by Gasteiger charge is 2.17. The molecule has 0 saturated carbocycles. The van der Waals surface area contributed by atoms with Gasteiger partial charge in [0.1, 0.15) is 11.5 Å². The molecule has 32 heavy (non-hydrogen) atoms. The summed E-state index contributed by atoms with van der Waals surface area (Å²) < 4.78 is 0. The third kappa shape index (κ3) is 8.88. The van der Waals surface area contributed by atoms with Gasteiger partial charge in [-0.3, -0.25) is 0 Å². The second kappa shape index (κ2) is 15.0. The van der Waals surface area contributed by atoms with E-state index < -0.39 is 0 Å². The number of rotatable bonds is 16. The summed E-state index contributed by atoms with van der Waals surface area (Å²) in [5, 5.41) is 21.1. The van der Waals surface area contributed by atoms with Crippen molar-refractivity contribution in [3.63, 3.8) is 0 Å². The maximum atomic E-state index is 10.6. The van der Waals surface area contributed by atoms with Crippen molar-refractivity contribution in [3.05, 3.63) is 58.7 Å². The number of phenolic OH excluding ortho intramolecular Hbond substituents is 2. The van der Waals surface area contributed by atoms with Gasteiger partial charge >= 0.3 is 0 Å². The lowest BCUT2D eigenvalue weighted by Crippen LogP contribution is -2.00. The highest BCUT2D eigenvalue weighted by atomic mass is 16.3. The molecule has 0 saturated heterocycles. The van der Waals surface area contributed by atoms with Crippen molar-refractivity contribution in [1.29, 1.82) is 0 Å². The van der Waals surface area contributed by atoms with E-state index in [0.29, 0.717) is 11.5 Å². The van der Waals surface area contributed by atoms with Gasteiger partial charge < -0.3 is 10.2 Å². The van der Waals surface area contributed by atoms with Crippen molar-refractivity contribution >= 4 is 0 Å². The van der Waals surface area contributed by atoms with Crippen molar-refractivity contribution in [2.24, 2.45) is 0 Å². The quantitative estimate of drug-likeness (QED) is 0.257. The Balaban J connectivity index is 1.99. The number of aromatic hydroxyl groups is 2. The van der Waals surface area contributed by atoms with Gasteiger partial charge in [0.25, 0.3) is 0 Å². The van der Waals surface area contributed by atoms with Crippen molar-refractivity contribution in [2.75, 3.05) is 0 Å². The van der Waals surface area contributed by atoms with E-state index in [1.54, 1.807) is 0 Å². The zero-order valence-corrected chi connectivity index (χ0v) is 20.8. The van der Waals surface area contributed by atoms with Crippen LogP contribution in [0.5, 0.6) is 11.5 Å². The smallest absolute Gasteiger partial charge is 0.119 e. The van der Waals surface area contributed by atoms with Crippen LogP contribution in [0.3, 0.4) is 0 Å². The topological polar surface area (TPSA) is 40.5 Å². The SMILES string of the molecule is CCCCCCCCc1ccc(O)c(C(C)c2cc(CCCCCCCC)ccc2O)c1. The van der Waals surface area contributed by atoms with E-state index in [4.69, 9.17) is 0 Å². The minimum atomic E-state index is -0.0380. The van der Waals surface area contributed by atoms with E-state index in [1.807, 2.05) is 24.3 Å². The predicted octanol–water partition coefficient (Wildman–Crippen LogP) is 9.06. The second-order valence-electron chi connectivity index (χ2n) is 9.54. The van der Waals surface area contributed by atoms with Crippen molar-refractivity contribution in [1.82, 2.24) is 0 Å². The molecule has 0 atom stereocenters. The summed E-state index contributed by atoms with van der Waals surface area (Å²) in [6.07, 6.45) is 17.6. The van der Waals surface area contributed by atoms with Crippen LogP contribution in [0.4, 0.5) is 0 Å². The summed E-state index contributed by atoms with van der Waals surface area (Å²) in [4.78, 5) is 0. The Morgan fingerprint density at radius 2 is 0.938 bits per heavy atom. The van der Waals surface area contributed by atoms with Gasteiger partial charge in [-0.1, -0.05) is 109 Å². The Labute approximate surface area is 197 Å². The lowest BCUT2D eigenvalue weighted by atomic mass is 9.88. The van der Waals surface area contributed by atoms with Crippen LogP contribution in [-0.4, -0.2) is 10.2 Å². The minimum absolute atomic E-state index is 0.0380. The molecule has 0 amide bonds. The van der Waals surface area contributed by atoms with Crippen molar-refractivity contribution in [3.8, 4) is 11.5 Å². The zero-order valence-electron chi connectivity index (χ0n) is 20.8. The molecule has 0 spiro atoms. The Hall–Kier alpha value is -1.96. The minimum Gasteiger partial charge on any atom is -0.508 e. The van der Waals surface area contributed by atoms with Crippen LogP contribution in [0.25, 0.3) is 0 Å². The van der Waals surface area contributed by atoms with E-state index in [1.165, 1.54) is 88.2 Å². The Bertz CT molecular complexity index is 715. The predicted molar refractivity (Wildman–Crippen MR) is 138 cm³/mol. The van der Waals surface area contributed by atoms with Crippen LogP contribution in [0.2, 0.25) is 0 Å². The van der Waals surface area contributed by atoms with E-state index >= 15 is 0 Å². The lowest BCUT2D eigenvalue weighted by Gasteiger charge is -2.18. The standard InChI is InChI=1S/C30H46O2/c1-4-6-8-10-12-14-16-25-18-20-29(31)27(22-25)24(3)28-23-26(19-21-30(28)32)17-15-13-11-9-7-5-2/h18-24,31-32H,4-17H2,1-3H3. The van der Waals surface area contributed by atoms with Crippen molar-refractivity contribution in [2.45, 2.75) is 117 Å². The third-order valence-electron chi connectivity index (χ3n) is 6.75. The zero-order chi connectivity index (χ0) is 23.2. The van der Waals surface area contributed by atoms with Gasteiger partial charge in [0.15, 0.2) is 0 Å². The van der Waals surface area contributed by atoms with E-state index in [-0.39, 0.29) is 5.92 Å². The van der Waals surface area contributed by atoms with Gasteiger partial charge in [0.2, 0.25) is 0 Å². The molecular formula is C30H46O2. The summed E-state index contributed by atoms with van der Waals surface area (Å²) in [5.74, 6) is 0.610. The first-order valence-electron chi connectivity index (χ1n) is 13.2. The normalized spacial score (nSPS) is 11.4. The van der Waals surface area contributed by atoms with Gasteiger partial charge in [-0.15, -0.1) is 0 Å². The van der Waals surface area contributed by atoms with E-state index in [2.05, 4.69) is 32.9 Å². The average Bonchev–Trinajstić information content (AvgIpc) is 2.80. The molecule has 2 heteroatoms. The van der Waals surface area contributed by atoms with Crippen LogP contribution in [0.1, 0.15) is 126 Å². The molecule has 0 fully saturated rings. The molecule has 0 heterocycles. The second-order valence-corrected chi connectivity index (χ2v) is 9.54. The van der Waals surface area contributed by atoms with Gasteiger partial charge in [-0.05, 0) is 48.9 Å². The molecule has 0 aromatic heterocycles. The summed E-state index contributed by atoms with van der Waals surface area (Å²) in [7, 11) is 0. The van der Waals surface area contributed by atoms with Gasteiger partial charge in [0.05, 0.1) is 0 Å². The summed E-state index contributed by atoms with van der Waals surface area (Å²) in [6, 6.07) is 12.0. The Morgan fingerprint density at radius 3 is 1.34 bits per heavy atom. The molecule has 0 aliphatic carbocycles. The number of benzene rings is 2. The van der Waals surface area contributed by atoms with Gasteiger partial charge in [-0.25, -0.2) is 0 Å². The molecular weight excluding hydrogens is 392 g/mol. The number of hydrogen-bond donors (Lipinski definition) is 2. The molecule has 0 aliphatic rings. The molecule has 0 aliphatic heterocycles. The third-order valence-corrected chi connectivity index (χ3v) is 6.75. The number of hydrogen-bond acceptors (Lipinski definition) is 2. The van der Waals surface area contributed by atoms with Crippen LogP contribution in [-0.2, 0) is 12.8 Å². The fraction of sp³-hybridized carbons (Fsp3) is 0.600. The molecule has 2 aromatic rings. The van der Waals surface area contributed by atoms with Crippen LogP contribution in [0.15, 0.2) is 36.4 Å². The first-order valence-corrected chi connectivity index (χ1v) is 13.2. The molecule has 2 rings (SSSR count). The molecule has 0 bridgehead atoms. The summed E-state index contributed by atoms with van der Waals surface area (Å²) in [5.41, 5.74) is 4.40. The van der Waals surface area contributed by atoms with E-state index in [0.717, 1.165) is 24.0 Å². The first kappa shape index (κ1) is 26.3. The fourth-order valence-corrected chi connectivity index (χ4v) is 4.60. The number of unbranched alkanes of at least 4 members (excludes halogenated alkanes) is 10. The summed E-state index contributed by atoms with van der Waals surface area (Å²) >= 11 is 0. The van der Waals surface area contributed by atoms with E-state index in [9.17, 15) is 10.2 Å². The molecule has 2 aromatic carbocycles. The lowest BCUT2D eigenvalue weighted by molar-refractivity contribution is 0.456.